The first-order chi connectivity index (χ1) is 15.8. The third-order valence-corrected chi connectivity index (χ3v) is 7.30. The van der Waals surface area contributed by atoms with Crippen molar-refractivity contribution in [3.63, 3.8) is 0 Å². The number of benzene rings is 1. The SMILES string of the molecule is COc1cccc2c1CC(=CCCN1CCC(N3CCCCC3)CC1)c1cccnc1O2. The molecule has 0 unspecified atom stereocenters. The van der Waals surface area contributed by atoms with Crippen LogP contribution in [0.1, 0.15) is 49.7 Å². The monoisotopic (exact) mass is 433 g/mol. The Balaban J connectivity index is 1.25. The van der Waals surface area contributed by atoms with Gasteiger partial charge in [0.1, 0.15) is 11.5 Å². The summed E-state index contributed by atoms with van der Waals surface area (Å²) in [5.41, 5.74) is 3.47. The van der Waals surface area contributed by atoms with Gasteiger partial charge in [-0.2, -0.15) is 0 Å². The molecule has 2 fully saturated rings. The molecule has 0 bridgehead atoms. The Kier molecular flexibility index (Phi) is 6.75. The van der Waals surface area contributed by atoms with E-state index in [9.17, 15) is 0 Å². The second-order valence-electron chi connectivity index (χ2n) is 9.26. The third-order valence-electron chi connectivity index (χ3n) is 7.30. The molecule has 0 radical (unpaired) electrons. The van der Waals surface area contributed by atoms with Crippen LogP contribution in [-0.2, 0) is 6.42 Å². The molecule has 170 valence electrons. The Morgan fingerprint density at radius 2 is 1.91 bits per heavy atom. The van der Waals surface area contributed by atoms with Gasteiger partial charge in [-0.25, -0.2) is 4.98 Å². The van der Waals surface area contributed by atoms with Gasteiger partial charge in [-0.15, -0.1) is 0 Å². The van der Waals surface area contributed by atoms with E-state index in [0.29, 0.717) is 5.88 Å². The Hall–Kier alpha value is -2.37. The van der Waals surface area contributed by atoms with Crippen molar-refractivity contribution in [2.45, 2.75) is 51.0 Å². The van der Waals surface area contributed by atoms with Crippen molar-refractivity contribution in [3.05, 3.63) is 53.7 Å². The van der Waals surface area contributed by atoms with Gasteiger partial charge in [-0.1, -0.05) is 18.6 Å². The lowest BCUT2D eigenvalue weighted by Crippen LogP contribution is -2.46. The number of hydrogen-bond donors (Lipinski definition) is 0. The largest absolute Gasteiger partial charge is 0.496 e. The second-order valence-corrected chi connectivity index (χ2v) is 9.26. The number of likely N-dealkylation sites (tertiary alicyclic amines) is 2. The molecule has 5 nitrogen and oxygen atoms in total. The van der Waals surface area contributed by atoms with Crippen molar-refractivity contribution >= 4 is 5.57 Å². The van der Waals surface area contributed by atoms with Crippen LogP contribution in [0.15, 0.2) is 42.6 Å². The first-order valence-corrected chi connectivity index (χ1v) is 12.3. The average Bonchev–Trinajstić information content (AvgIpc) is 3.01. The van der Waals surface area contributed by atoms with Crippen molar-refractivity contribution in [3.8, 4) is 17.4 Å². The highest BCUT2D eigenvalue weighted by Crippen LogP contribution is 2.41. The van der Waals surface area contributed by atoms with Gasteiger partial charge in [0.25, 0.3) is 0 Å². The normalized spacial score (nSPS) is 21.5. The van der Waals surface area contributed by atoms with Crippen molar-refractivity contribution in [1.82, 2.24) is 14.8 Å². The number of rotatable bonds is 5. The molecule has 2 aromatic rings. The molecule has 32 heavy (non-hydrogen) atoms. The van der Waals surface area contributed by atoms with Gasteiger partial charge in [0.2, 0.25) is 5.88 Å². The Morgan fingerprint density at radius 3 is 2.72 bits per heavy atom. The first-order valence-electron chi connectivity index (χ1n) is 12.3. The number of piperidine rings is 2. The summed E-state index contributed by atoms with van der Waals surface area (Å²) in [6.45, 7) is 6.20. The van der Waals surface area contributed by atoms with Crippen molar-refractivity contribution < 1.29 is 9.47 Å². The van der Waals surface area contributed by atoms with Crippen LogP contribution in [0.3, 0.4) is 0 Å². The van der Waals surface area contributed by atoms with Gasteiger partial charge in [0, 0.05) is 36.3 Å². The van der Waals surface area contributed by atoms with Crippen LogP contribution >= 0.6 is 0 Å². The molecule has 0 N–H and O–H groups in total. The summed E-state index contributed by atoms with van der Waals surface area (Å²) in [7, 11) is 1.72. The molecular weight excluding hydrogens is 398 g/mol. The van der Waals surface area contributed by atoms with E-state index in [1.165, 1.54) is 63.9 Å². The van der Waals surface area contributed by atoms with E-state index >= 15 is 0 Å². The molecule has 4 heterocycles. The zero-order chi connectivity index (χ0) is 21.8. The number of methoxy groups -OCH3 is 1. The summed E-state index contributed by atoms with van der Waals surface area (Å²) in [6.07, 6.45) is 12.9. The number of allylic oxidation sites excluding steroid dienone is 1. The van der Waals surface area contributed by atoms with Gasteiger partial charge in [-0.3, -0.25) is 0 Å². The Labute approximate surface area is 192 Å². The highest BCUT2D eigenvalue weighted by Gasteiger charge is 2.26. The third kappa shape index (κ3) is 4.69. The quantitative estimate of drug-likeness (QED) is 0.651. The smallest absolute Gasteiger partial charge is 0.226 e. The van der Waals surface area contributed by atoms with Crippen molar-refractivity contribution in [2.24, 2.45) is 0 Å². The van der Waals surface area contributed by atoms with Gasteiger partial charge >= 0.3 is 0 Å². The van der Waals surface area contributed by atoms with Crippen molar-refractivity contribution in [2.75, 3.05) is 39.8 Å². The molecule has 1 aromatic heterocycles. The molecule has 1 aromatic carbocycles. The van der Waals surface area contributed by atoms with Gasteiger partial charge in [0.05, 0.1) is 7.11 Å². The summed E-state index contributed by atoms with van der Waals surface area (Å²) in [5, 5.41) is 0. The molecular formula is C27H35N3O2. The topological polar surface area (TPSA) is 37.8 Å². The zero-order valence-corrected chi connectivity index (χ0v) is 19.3. The van der Waals surface area contributed by atoms with Crippen LogP contribution in [0.25, 0.3) is 5.57 Å². The maximum Gasteiger partial charge on any atom is 0.226 e. The van der Waals surface area contributed by atoms with Crippen molar-refractivity contribution in [1.29, 1.82) is 0 Å². The molecule has 2 saturated heterocycles. The molecule has 3 aliphatic heterocycles. The van der Waals surface area contributed by atoms with Crippen LogP contribution < -0.4 is 9.47 Å². The first kappa shape index (κ1) is 21.5. The van der Waals surface area contributed by atoms with Crippen LogP contribution in [0.5, 0.6) is 17.4 Å². The molecule has 0 atom stereocenters. The summed E-state index contributed by atoms with van der Waals surface area (Å²) >= 11 is 0. The predicted molar refractivity (Wildman–Crippen MR) is 128 cm³/mol. The molecule has 0 aliphatic carbocycles. The van der Waals surface area contributed by atoms with Crippen LogP contribution in [0.4, 0.5) is 0 Å². The molecule has 5 rings (SSSR count). The van der Waals surface area contributed by atoms with E-state index in [4.69, 9.17) is 9.47 Å². The van der Waals surface area contributed by atoms with E-state index in [1.807, 2.05) is 24.3 Å². The highest BCUT2D eigenvalue weighted by molar-refractivity contribution is 5.74. The lowest BCUT2D eigenvalue weighted by molar-refractivity contribution is 0.0934. The minimum Gasteiger partial charge on any atom is -0.496 e. The summed E-state index contributed by atoms with van der Waals surface area (Å²) in [6, 6.07) is 10.9. The number of hydrogen-bond acceptors (Lipinski definition) is 5. The van der Waals surface area contributed by atoms with Gasteiger partial charge < -0.3 is 19.3 Å². The standard InChI is InChI=1S/C27H35N3O2/c1-31-25-10-5-11-26-24(25)20-21(23-9-6-14-28-27(23)32-26)8-7-15-29-18-12-22(13-19-29)30-16-3-2-4-17-30/h5-6,8-11,14,22H,2-4,7,12-13,15-20H2,1H3. The lowest BCUT2D eigenvalue weighted by atomic mass is 9.97. The lowest BCUT2D eigenvalue weighted by Gasteiger charge is -2.40. The minimum atomic E-state index is 0.688. The number of nitrogens with zero attached hydrogens (tertiary/aromatic N) is 3. The minimum absolute atomic E-state index is 0.688. The van der Waals surface area contributed by atoms with E-state index in [-0.39, 0.29) is 0 Å². The fourth-order valence-electron chi connectivity index (χ4n) is 5.51. The van der Waals surface area contributed by atoms with Crippen LogP contribution in [0.2, 0.25) is 0 Å². The van der Waals surface area contributed by atoms with Crippen LogP contribution in [0, 0.1) is 0 Å². The number of pyridine rings is 1. The fourth-order valence-corrected chi connectivity index (χ4v) is 5.51. The van der Waals surface area contributed by atoms with E-state index in [2.05, 4.69) is 26.9 Å². The average molecular weight is 434 g/mol. The molecule has 5 heteroatoms. The van der Waals surface area contributed by atoms with E-state index in [0.717, 1.165) is 48.1 Å². The molecule has 0 amide bonds. The zero-order valence-electron chi connectivity index (χ0n) is 19.3. The summed E-state index contributed by atoms with van der Waals surface area (Å²) in [4.78, 5) is 9.91. The van der Waals surface area contributed by atoms with Crippen LogP contribution in [-0.4, -0.2) is 60.7 Å². The highest BCUT2D eigenvalue weighted by atomic mass is 16.5. The number of ether oxygens (including phenoxy) is 2. The Morgan fingerprint density at radius 1 is 1.06 bits per heavy atom. The summed E-state index contributed by atoms with van der Waals surface area (Å²) < 4.78 is 11.8. The number of aromatic nitrogens is 1. The maximum absolute atomic E-state index is 6.19. The molecule has 3 aliphatic rings. The second kappa shape index (κ2) is 10.1. The predicted octanol–water partition coefficient (Wildman–Crippen LogP) is 5.16. The van der Waals surface area contributed by atoms with E-state index < -0.39 is 0 Å². The molecule has 0 saturated carbocycles. The maximum atomic E-state index is 6.19. The number of fused-ring (bicyclic) bond motifs is 2. The van der Waals surface area contributed by atoms with E-state index in [1.54, 1.807) is 13.3 Å². The fraction of sp³-hybridized carbons (Fsp3) is 0.519. The summed E-state index contributed by atoms with van der Waals surface area (Å²) in [5.74, 6) is 2.40. The molecule has 0 spiro atoms. The van der Waals surface area contributed by atoms with Gasteiger partial charge in [-0.05, 0) is 88.1 Å². The Bertz CT molecular complexity index is 944. The van der Waals surface area contributed by atoms with Gasteiger partial charge in [0.15, 0.2) is 0 Å².